The lowest BCUT2D eigenvalue weighted by Gasteiger charge is -2.26. The first kappa shape index (κ1) is 9.68. The molecule has 0 bridgehead atoms. The number of thiophene rings is 1. The third kappa shape index (κ3) is 1.81. The lowest BCUT2D eigenvalue weighted by molar-refractivity contribution is 0.0305. The summed E-state index contributed by atoms with van der Waals surface area (Å²) < 4.78 is 5.21. The third-order valence-corrected chi connectivity index (χ3v) is 3.36. The number of carbonyl (C=O) groups is 1. The second-order valence-electron chi connectivity index (χ2n) is 3.34. The fourth-order valence-electron chi connectivity index (χ4n) is 1.50. The summed E-state index contributed by atoms with van der Waals surface area (Å²) in [5.41, 5.74) is 1.08. The Kier molecular flexibility index (Phi) is 2.84. The van der Waals surface area contributed by atoms with E-state index < -0.39 is 0 Å². The maximum atomic E-state index is 12.0. The van der Waals surface area contributed by atoms with Gasteiger partial charge in [0.2, 0.25) is 0 Å². The van der Waals surface area contributed by atoms with Gasteiger partial charge in [-0.2, -0.15) is 0 Å². The summed E-state index contributed by atoms with van der Waals surface area (Å²) in [5, 5.41) is 1.96. The molecule has 76 valence electrons. The number of morpholine rings is 1. The van der Waals surface area contributed by atoms with Crippen LogP contribution in [0.1, 0.15) is 15.2 Å². The molecule has 0 unspecified atom stereocenters. The first-order valence-electron chi connectivity index (χ1n) is 4.70. The third-order valence-electron chi connectivity index (χ3n) is 2.35. The Labute approximate surface area is 87.3 Å². The van der Waals surface area contributed by atoms with Crippen LogP contribution in [0.5, 0.6) is 0 Å². The van der Waals surface area contributed by atoms with Crippen molar-refractivity contribution in [1.29, 1.82) is 0 Å². The van der Waals surface area contributed by atoms with Gasteiger partial charge in [0, 0.05) is 13.1 Å². The zero-order chi connectivity index (χ0) is 9.97. The van der Waals surface area contributed by atoms with E-state index in [-0.39, 0.29) is 5.91 Å². The van der Waals surface area contributed by atoms with Crippen LogP contribution in [-0.4, -0.2) is 37.1 Å². The molecule has 4 heteroatoms. The van der Waals surface area contributed by atoms with Crippen LogP contribution < -0.4 is 0 Å². The highest BCUT2D eigenvalue weighted by atomic mass is 32.1. The second kappa shape index (κ2) is 4.11. The van der Waals surface area contributed by atoms with Gasteiger partial charge >= 0.3 is 0 Å². The first-order chi connectivity index (χ1) is 6.79. The minimum absolute atomic E-state index is 0.154. The van der Waals surface area contributed by atoms with E-state index in [2.05, 4.69) is 0 Å². The molecule has 1 aliphatic rings. The number of aryl methyl sites for hydroxylation is 1. The fourth-order valence-corrected chi connectivity index (χ4v) is 2.39. The van der Waals surface area contributed by atoms with E-state index in [4.69, 9.17) is 4.74 Å². The summed E-state index contributed by atoms with van der Waals surface area (Å²) in [7, 11) is 0. The van der Waals surface area contributed by atoms with Crippen molar-refractivity contribution in [3.8, 4) is 0 Å². The number of carbonyl (C=O) groups excluding carboxylic acids is 1. The summed E-state index contributed by atoms with van der Waals surface area (Å²) >= 11 is 1.52. The highest BCUT2D eigenvalue weighted by molar-refractivity contribution is 7.12. The molecular formula is C10H13NO2S. The Bertz CT molecular complexity index is 329. The molecule has 1 amide bonds. The van der Waals surface area contributed by atoms with Gasteiger partial charge in [-0.15, -0.1) is 11.3 Å². The van der Waals surface area contributed by atoms with E-state index in [1.54, 1.807) is 0 Å². The lowest BCUT2D eigenvalue weighted by Crippen LogP contribution is -2.40. The van der Waals surface area contributed by atoms with Crippen molar-refractivity contribution in [1.82, 2.24) is 4.90 Å². The summed E-state index contributed by atoms with van der Waals surface area (Å²) in [6.45, 7) is 4.74. The van der Waals surface area contributed by atoms with Gasteiger partial charge in [-0.25, -0.2) is 0 Å². The molecule has 2 heterocycles. The smallest absolute Gasteiger partial charge is 0.264 e. The van der Waals surface area contributed by atoms with Crippen molar-refractivity contribution in [3.05, 3.63) is 21.9 Å². The van der Waals surface area contributed by atoms with E-state index in [0.717, 1.165) is 23.5 Å². The number of hydrogen-bond donors (Lipinski definition) is 0. The Hall–Kier alpha value is -0.870. The van der Waals surface area contributed by atoms with Gasteiger partial charge in [0.25, 0.3) is 5.91 Å². The van der Waals surface area contributed by atoms with Crippen molar-refractivity contribution in [3.63, 3.8) is 0 Å². The maximum Gasteiger partial charge on any atom is 0.264 e. The molecule has 1 fully saturated rings. The van der Waals surface area contributed by atoms with E-state index in [9.17, 15) is 4.79 Å². The minimum atomic E-state index is 0.154. The summed E-state index contributed by atoms with van der Waals surface area (Å²) in [5.74, 6) is 0.154. The van der Waals surface area contributed by atoms with Crippen LogP contribution >= 0.6 is 11.3 Å². The largest absolute Gasteiger partial charge is 0.378 e. The Morgan fingerprint density at radius 3 is 2.79 bits per heavy atom. The molecule has 2 rings (SSSR count). The van der Waals surface area contributed by atoms with Crippen molar-refractivity contribution < 1.29 is 9.53 Å². The average Bonchev–Trinajstić information content (AvgIpc) is 2.65. The Morgan fingerprint density at radius 1 is 1.50 bits per heavy atom. The quantitative estimate of drug-likeness (QED) is 0.705. The molecule has 1 saturated heterocycles. The SMILES string of the molecule is Cc1ccsc1C(=O)N1CCOCC1. The topological polar surface area (TPSA) is 29.5 Å². The van der Waals surface area contributed by atoms with Crippen LogP contribution in [0.3, 0.4) is 0 Å². The molecule has 0 saturated carbocycles. The van der Waals surface area contributed by atoms with Crippen LogP contribution in [0.15, 0.2) is 11.4 Å². The number of amides is 1. The van der Waals surface area contributed by atoms with Crippen LogP contribution in [0.25, 0.3) is 0 Å². The van der Waals surface area contributed by atoms with Crippen LogP contribution in [0, 0.1) is 6.92 Å². The molecular weight excluding hydrogens is 198 g/mol. The molecule has 1 aliphatic heterocycles. The lowest BCUT2D eigenvalue weighted by atomic mass is 10.2. The van der Waals surface area contributed by atoms with Gasteiger partial charge < -0.3 is 9.64 Å². The zero-order valence-corrected chi connectivity index (χ0v) is 8.97. The predicted molar refractivity (Wildman–Crippen MR) is 55.8 cm³/mol. The molecule has 1 aromatic rings. The van der Waals surface area contributed by atoms with Crippen molar-refractivity contribution in [2.45, 2.75) is 6.92 Å². The van der Waals surface area contributed by atoms with E-state index in [0.29, 0.717) is 13.2 Å². The van der Waals surface area contributed by atoms with Crippen LogP contribution in [0.2, 0.25) is 0 Å². The maximum absolute atomic E-state index is 12.0. The fraction of sp³-hybridized carbons (Fsp3) is 0.500. The second-order valence-corrected chi connectivity index (χ2v) is 4.25. The molecule has 0 spiro atoms. The molecule has 0 aromatic carbocycles. The molecule has 0 atom stereocenters. The summed E-state index contributed by atoms with van der Waals surface area (Å²) in [4.78, 5) is 14.7. The minimum Gasteiger partial charge on any atom is -0.378 e. The number of nitrogens with zero attached hydrogens (tertiary/aromatic N) is 1. The summed E-state index contributed by atoms with van der Waals surface area (Å²) in [6, 6.07) is 1.98. The Morgan fingerprint density at radius 2 is 2.21 bits per heavy atom. The van der Waals surface area contributed by atoms with Gasteiger partial charge in [0.15, 0.2) is 0 Å². The normalized spacial score (nSPS) is 17.1. The molecule has 0 radical (unpaired) electrons. The van der Waals surface area contributed by atoms with E-state index in [1.807, 2.05) is 23.3 Å². The van der Waals surface area contributed by atoms with Gasteiger partial charge in [-0.3, -0.25) is 4.79 Å². The van der Waals surface area contributed by atoms with Gasteiger partial charge in [-0.05, 0) is 23.9 Å². The standard InChI is InChI=1S/C10H13NO2S/c1-8-2-7-14-9(8)10(12)11-3-5-13-6-4-11/h2,7H,3-6H2,1H3. The first-order valence-corrected chi connectivity index (χ1v) is 5.58. The molecule has 0 aliphatic carbocycles. The van der Waals surface area contributed by atoms with Crippen LogP contribution in [0.4, 0.5) is 0 Å². The highest BCUT2D eigenvalue weighted by Gasteiger charge is 2.20. The number of hydrogen-bond acceptors (Lipinski definition) is 3. The highest BCUT2D eigenvalue weighted by Crippen LogP contribution is 2.18. The van der Waals surface area contributed by atoms with Crippen molar-refractivity contribution in [2.75, 3.05) is 26.3 Å². The number of rotatable bonds is 1. The van der Waals surface area contributed by atoms with Gasteiger partial charge in [0.05, 0.1) is 18.1 Å². The van der Waals surface area contributed by atoms with Crippen LogP contribution in [-0.2, 0) is 4.74 Å². The van der Waals surface area contributed by atoms with Gasteiger partial charge in [-0.1, -0.05) is 0 Å². The van der Waals surface area contributed by atoms with Gasteiger partial charge in [0.1, 0.15) is 0 Å². The van der Waals surface area contributed by atoms with Crippen molar-refractivity contribution >= 4 is 17.2 Å². The summed E-state index contributed by atoms with van der Waals surface area (Å²) in [6.07, 6.45) is 0. The zero-order valence-electron chi connectivity index (χ0n) is 8.16. The molecule has 14 heavy (non-hydrogen) atoms. The Balaban J connectivity index is 2.11. The van der Waals surface area contributed by atoms with Crippen molar-refractivity contribution in [2.24, 2.45) is 0 Å². The van der Waals surface area contributed by atoms with E-state index >= 15 is 0 Å². The van der Waals surface area contributed by atoms with E-state index in [1.165, 1.54) is 11.3 Å². The monoisotopic (exact) mass is 211 g/mol. The average molecular weight is 211 g/mol. The predicted octanol–water partition coefficient (Wildman–Crippen LogP) is 1.53. The molecule has 0 N–H and O–H groups in total. The number of ether oxygens (including phenoxy) is 1. The molecule has 1 aromatic heterocycles. The molecule has 3 nitrogen and oxygen atoms in total.